The number of nitrogens with zero attached hydrogens (tertiary/aromatic N) is 1. The number of rotatable bonds is 9. The molecule has 19 heavy (non-hydrogen) atoms. The van der Waals surface area contributed by atoms with Gasteiger partial charge in [0, 0.05) is 18.7 Å². The topological polar surface area (TPSA) is 28.4 Å². The van der Waals surface area contributed by atoms with Crippen LogP contribution in [-0.4, -0.2) is 24.5 Å². The molecule has 1 aromatic heterocycles. The summed E-state index contributed by atoms with van der Waals surface area (Å²) in [5.74, 6) is 3.11. The third-order valence-corrected chi connectivity index (χ3v) is 3.77. The van der Waals surface area contributed by atoms with E-state index in [4.69, 9.17) is 4.42 Å². The van der Waals surface area contributed by atoms with Gasteiger partial charge in [-0.05, 0) is 51.3 Å². The van der Waals surface area contributed by atoms with Crippen LogP contribution in [-0.2, 0) is 13.1 Å². The highest BCUT2D eigenvalue weighted by molar-refractivity contribution is 5.20. The second kappa shape index (κ2) is 7.11. The first-order chi connectivity index (χ1) is 9.22. The second-order valence-corrected chi connectivity index (χ2v) is 5.75. The van der Waals surface area contributed by atoms with Crippen LogP contribution in [0.3, 0.4) is 0 Å². The van der Waals surface area contributed by atoms with E-state index in [1.165, 1.54) is 37.9 Å². The monoisotopic (exact) mass is 264 g/mol. The maximum Gasteiger partial charge on any atom is 0.118 e. The van der Waals surface area contributed by atoms with Crippen LogP contribution >= 0.6 is 0 Å². The molecule has 3 heteroatoms. The van der Waals surface area contributed by atoms with Crippen LogP contribution in [0.4, 0.5) is 0 Å². The van der Waals surface area contributed by atoms with Gasteiger partial charge in [0.2, 0.25) is 0 Å². The lowest BCUT2D eigenvalue weighted by Crippen LogP contribution is -2.26. The SMILES string of the molecule is CCCN(Cc1cc(CNCC)oc1C)CC1CC1. The molecule has 0 aliphatic heterocycles. The van der Waals surface area contributed by atoms with Crippen molar-refractivity contribution in [1.29, 1.82) is 0 Å². The molecule has 0 radical (unpaired) electrons. The lowest BCUT2D eigenvalue weighted by atomic mass is 10.2. The molecule has 108 valence electrons. The number of aryl methyl sites for hydroxylation is 1. The highest BCUT2D eigenvalue weighted by Gasteiger charge is 2.24. The Bertz CT molecular complexity index is 382. The molecule has 1 heterocycles. The third-order valence-electron chi connectivity index (χ3n) is 3.77. The van der Waals surface area contributed by atoms with E-state index in [-0.39, 0.29) is 0 Å². The van der Waals surface area contributed by atoms with E-state index in [9.17, 15) is 0 Å². The van der Waals surface area contributed by atoms with Gasteiger partial charge >= 0.3 is 0 Å². The van der Waals surface area contributed by atoms with Gasteiger partial charge in [0.1, 0.15) is 11.5 Å². The molecule has 0 bridgehead atoms. The van der Waals surface area contributed by atoms with Gasteiger partial charge in [0.25, 0.3) is 0 Å². The summed E-state index contributed by atoms with van der Waals surface area (Å²) in [6.45, 7) is 11.8. The van der Waals surface area contributed by atoms with Crippen molar-refractivity contribution < 1.29 is 4.42 Å². The van der Waals surface area contributed by atoms with E-state index >= 15 is 0 Å². The van der Waals surface area contributed by atoms with Crippen molar-refractivity contribution in [3.05, 3.63) is 23.2 Å². The highest BCUT2D eigenvalue weighted by atomic mass is 16.3. The molecule has 1 aliphatic rings. The molecule has 0 atom stereocenters. The van der Waals surface area contributed by atoms with Crippen molar-refractivity contribution in [2.45, 2.75) is 53.1 Å². The minimum Gasteiger partial charge on any atom is -0.465 e. The van der Waals surface area contributed by atoms with E-state index in [0.717, 1.165) is 37.1 Å². The Hall–Kier alpha value is -0.800. The molecule has 0 amide bonds. The molecule has 1 aromatic rings. The zero-order chi connectivity index (χ0) is 13.7. The zero-order valence-electron chi connectivity index (χ0n) is 12.7. The number of furan rings is 1. The first-order valence-electron chi connectivity index (χ1n) is 7.74. The predicted molar refractivity (Wildman–Crippen MR) is 79.1 cm³/mol. The van der Waals surface area contributed by atoms with Gasteiger partial charge in [-0.15, -0.1) is 0 Å². The fourth-order valence-corrected chi connectivity index (χ4v) is 2.54. The second-order valence-electron chi connectivity index (χ2n) is 5.75. The normalized spacial score (nSPS) is 15.4. The van der Waals surface area contributed by atoms with Crippen molar-refractivity contribution in [3.63, 3.8) is 0 Å². The van der Waals surface area contributed by atoms with Crippen LogP contribution in [0.1, 0.15) is 50.2 Å². The zero-order valence-corrected chi connectivity index (χ0v) is 12.7. The van der Waals surface area contributed by atoms with Crippen LogP contribution in [0.5, 0.6) is 0 Å². The average molecular weight is 264 g/mol. The first kappa shape index (κ1) is 14.6. The van der Waals surface area contributed by atoms with Gasteiger partial charge in [-0.3, -0.25) is 4.90 Å². The van der Waals surface area contributed by atoms with Gasteiger partial charge in [-0.25, -0.2) is 0 Å². The maximum atomic E-state index is 5.83. The molecule has 0 unspecified atom stereocenters. The summed E-state index contributed by atoms with van der Waals surface area (Å²) >= 11 is 0. The molecular formula is C16H28N2O. The molecule has 3 nitrogen and oxygen atoms in total. The van der Waals surface area contributed by atoms with E-state index in [0.29, 0.717) is 0 Å². The van der Waals surface area contributed by atoms with Crippen molar-refractivity contribution in [3.8, 4) is 0 Å². The van der Waals surface area contributed by atoms with Crippen LogP contribution in [0.25, 0.3) is 0 Å². The molecule has 2 rings (SSSR count). The Kier molecular flexibility index (Phi) is 5.46. The van der Waals surface area contributed by atoms with Gasteiger partial charge in [-0.2, -0.15) is 0 Å². The van der Waals surface area contributed by atoms with Gasteiger partial charge in [0.15, 0.2) is 0 Å². The Morgan fingerprint density at radius 1 is 1.37 bits per heavy atom. The number of hydrogen-bond donors (Lipinski definition) is 1. The molecule has 1 saturated carbocycles. The Morgan fingerprint density at radius 2 is 2.16 bits per heavy atom. The van der Waals surface area contributed by atoms with Crippen LogP contribution in [0.2, 0.25) is 0 Å². The van der Waals surface area contributed by atoms with E-state index in [2.05, 4.69) is 37.1 Å². The van der Waals surface area contributed by atoms with E-state index in [1.54, 1.807) is 0 Å². The summed E-state index contributed by atoms with van der Waals surface area (Å²) in [5, 5.41) is 3.32. The van der Waals surface area contributed by atoms with Gasteiger partial charge in [-0.1, -0.05) is 13.8 Å². The molecule has 0 saturated heterocycles. The van der Waals surface area contributed by atoms with Crippen LogP contribution < -0.4 is 5.32 Å². The summed E-state index contributed by atoms with van der Waals surface area (Å²) in [4.78, 5) is 2.59. The van der Waals surface area contributed by atoms with Gasteiger partial charge in [0.05, 0.1) is 6.54 Å². The fourth-order valence-electron chi connectivity index (χ4n) is 2.54. The molecule has 1 aliphatic carbocycles. The van der Waals surface area contributed by atoms with Crippen molar-refractivity contribution in [2.24, 2.45) is 5.92 Å². The molecule has 0 aromatic carbocycles. The van der Waals surface area contributed by atoms with Crippen molar-refractivity contribution in [1.82, 2.24) is 10.2 Å². The summed E-state index contributed by atoms with van der Waals surface area (Å²) in [7, 11) is 0. The smallest absolute Gasteiger partial charge is 0.118 e. The first-order valence-corrected chi connectivity index (χ1v) is 7.74. The summed E-state index contributed by atoms with van der Waals surface area (Å²) in [5.41, 5.74) is 1.36. The highest BCUT2D eigenvalue weighted by Crippen LogP contribution is 2.30. The molecule has 0 spiro atoms. The van der Waals surface area contributed by atoms with Crippen molar-refractivity contribution >= 4 is 0 Å². The minimum atomic E-state index is 0.841. The summed E-state index contributed by atoms with van der Waals surface area (Å²) in [6, 6.07) is 2.23. The summed E-state index contributed by atoms with van der Waals surface area (Å²) in [6.07, 6.45) is 4.08. The minimum absolute atomic E-state index is 0.841. The Morgan fingerprint density at radius 3 is 2.79 bits per heavy atom. The van der Waals surface area contributed by atoms with Crippen LogP contribution in [0.15, 0.2) is 10.5 Å². The summed E-state index contributed by atoms with van der Waals surface area (Å²) < 4.78 is 5.83. The number of hydrogen-bond acceptors (Lipinski definition) is 3. The van der Waals surface area contributed by atoms with E-state index < -0.39 is 0 Å². The quantitative estimate of drug-likeness (QED) is 0.741. The average Bonchev–Trinajstić information content (AvgIpc) is 3.12. The standard InChI is InChI=1S/C16H28N2O/c1-4-8-18(11-14-6-7-14)12-15-9-16(10-17-5-2)19-13(15)3/h9,14,17H,4-8,10-12H2,1-3H3. The molecule has 1 N–H and O–H groups in total. The largest absolute Gasteiger partial charge is 0.465 e. The van der Waals surface area contributed by atoms with Gasteiger partial charge < -0.3 is 9.73 Å². The lowest BCUT2D eigenvalue weighted by Gasteiger charge is -2.21. The third kappa shape index (κ3) is 4.66. The lowest BCUT2D eigenvalue weighted by molar-refractivity contribution is 0.253. The maximum absolute atomic E-state index is 5.83. The number of nitrogens with one attached hydrogen (secondary N) is 1. The van der Waals surface area contributed by atoms with Crippen molar-refractivity contribution in [2.75, 3.05) is 19.6 Å². The molecule has 1 fully saturated rings. The Balaban J connectivity index is 1.92. The molecular weight excluding hydrogens is 236 g/mol. The Labute approximate surface area is 117 Å². The fraction of sp³-hybridized carbons (Fsp3) is 0.750. The predicted octanol–water partition coefficient (Wildman–Crippen LogP) is 3.32. The van der Waals surface area contributed by atoms with E-state index in [1.807, 2.05) is 0 Å². The van der Waals surface area contributed by atoms with Crippen LogP contribution in [0, 0.1) is 12.8 Å².